The second kappa shape index (κ2) is 12.7. The van der Waals surface area contributed by atoms with Gasteiger partial charge in [-0.1, -0.05) is 12.8 Å². The molecule has 0 aromatic carbocycles. The summed E-state index contributed by atoms with van der Waals surface area (Å²) in [5.74, 6) is -2.31. The van der Waals surface area contributed by atoms with Crippen LogP contribution in [-0.4, -0.2) is 101 Å². The molecule has 0 atom stereocenters. The van der Waals surface area contributed by atoms with Crippen molar-refractivity contribution in [3.63, 3.8) is 0 Å². The minimum absolute atomic E-state index is 0.939. The third-order valence-corrected chi connectivity index (χ3v) is 7.59. The molecule has 0 aliphatic heterocycles. The van der Waals surface area contributed by atoms with Gasteiger partial charge in [0.1, 0.15) is 0 Å². The zero-order chi connectivity index (χ0) is 23.6. The van der Waals surface area contributed by atoms with E-state index in [1.165, 1.54) is 73.2 Å². The van der Waals surface area contributed by atoms with Gasteiger partial charge in [-0.3, -0.25) is 0 Å². The molecule has 0 radical (unpaired) electrons. The molecular weight excluding hydrogens is 428 g/mol. The molecule has 0 amide bonds. The summed E-state index contributed by atoms with van der Waals surface area (Å²) in [5, 5.41) is 0. The lowest BCUT2D eigenvalue weighted by atomic mass is 9.94. The van der Waals surface area contributed by atoms with E-state index in [9.17, 15) is 25.9 Å². The van der Waals surface area contributed by atoms with Crippen LogP contribution in [0, 0.1) is 0 Å². The van der Waals surface area contributed by atoms with E-state index in [4.69, 9.17) is 0 Å². The summed E-state index contributed by atoms with van der Waals surface area (Å²) in [7, 11) is 4.72. The van der Waals surface area contributed by atoms with Gasteiger partial charge in [-0.25, -0.2) is 16.8 Å². The van der Waals surface area contributed by atoms with Crippen LogP contribution in [0.3, 0.4) is 0 Å². The van der Waals surface area contributed by atoms with Crippen LogP contribution in [0.2, 0.25) is 0 Å². The van der Waals surface area contributed by atoms with Gasteiger partial charge in [0.15, 0.2) is 0 Å². The van der Waals surface area contributed by atoms with E-state index >= 15 is 0 Å². The first-order valence-electron chi connectivity index (χ1n) is 10.9. The van der Waals surface area contributed by atoms with Gasteiger partial charge < -0.3 is 18.1 Å². The number of quaternary nitrogens is 2. The second-order valence-corrected chi connectivity index (χ2v) is 13.4. The zero-order valence-electron chi connectivity index (χ0n) is 19.8. The third kappa shape index (κ3) is 16.4. The van der Waals surface area contributed by atoms with Crippen molar-refractivity contribution in [3.8, 4) is 0 Å². The van der Waals surface area contributed by atoms with Gasteiger partial charge in [-0.15, -0.1) is 0 Å². The molecule has 2 saturated carbocycles. The van der Waals surface area contributed by atoms with Crippen LogP contribution in [0.4, 0.5) is 0 Å². The molecule has 2 rings (SSSR count). The van der Waals surface area contributed by atoms with Gasteiger partial charge in [0.2, 0.25) is 0 Å². The highest BCUT2D eigenvalue weighted by Crippen LogP contribution is 2.24. The Morgan fingerprint density at radius 3 is 0.933 bits per heavy atom. The lowest BCUT2D eigenvalue weighted by Crippen LogP contribution is -2.45. The maximum absolute atomic E-state index is 9.72. The maximum atomic E-state index is 9.72. The van der Waals surface area contributed by atoms with Crippen LogP contribution < -0.4 is 0 Å². The van der Waals surface area contributed by atoms with E-state index in [-0.39, 0.29) is 0 Å². The summed E-state index contributed by atoms with van der Waals surface area (Å²) in [6, 6.07) is 1.88. The molecule has 2 aliphatic rings. The molecule has 10 heteroatoms. The molecule has 0 aromatic rings. The number of hydrogen-bond acceptors (Lipinski definition) is 6. The molecule has 0 aromatic heterocycles. The SMILES string of the molecule is C[N+](C)(C)C1CCCCC1.C[N+](C)(C)C1CCCCC1.O=S(=O)([O-])CCS(=O)(=O)[O-]. The van der Waals surface area contributed by atoms with Crippen molar-refractivity contribution in [2.45, 2.75) is 76.3 Å². The molecule has 0 bridgehead atoms. The Morgan fingerprint density at radius 2 is 0.800 bits per heavy atom. The topological polar surface area (TPSA) is 114 Å². The highest BCUT2D eigenvalue weighted by atomic mass is 32.2. The Bertz CT molecular complexity index is 607. The fourth-order valence-electron chi connectivity index (χ4n) is 3.92. The quantitative estimate of drug-likeness (QED) is 0.447. The predicted octanol–water partition coefficient (Wildman–Crippen LogP) is 2.13. The lowest BCUT2D eigenvalue weighted by Gasteiger charge is -2.36. The molecule has 182 valence electrons. The summed E-state index contributed by atoms with van der Waals surface area (Å²) in [4.78, 5) is 0. The van der Waals surface area contributed by atoms with E-state index in [0.717, 1.165) is 12.1 Å². The van der Waals surface area contributed by atoms with Crippen molar-refractivity contribution >= 4 is 20.2 Å². The molecule has 0 saturated heterocycles. The molecule has 0 unspecified atom stereocenters. The second-order valence-electron chi connectivity index (χ2n) is 10.3. The van der Waals surface area contributed by atoms with E-state index in [0.29, 0.717) is 0 Å². The Balaban J connectivity index is 0.000000420. The van der Waals surface area contributed by atoms with Crippen LogP contribution in [0.25, 0.3) is 0 Å². The highest BCUT2D eigenvalue weighted by Gasteiger charge is 2.25. The fraction of sp³-hybridized carbons (Fsp3) is 1.00. The van der Waals surface area contributed by atoms with E-state index < -0.39 is 31.7 Å². The summed E-state index contributed by atoms with van der Waals surface area (Å²) < 4.78 is 60.6. The summed E-state index contributed by atoms with van der Waals surface area (Å²) in [6.07, 6.45) is 14.6. The van der Waals surface area contributed by atoms with Crippen molar-refractivity contribution in [3.05, 3.63) is 0 Å². The van der Waals surface area contributed by atoms with Crippen molar-refractivity contribution < 1.29 is 34.9 Å². The molecule has 2 fully saturated rings. The Labute approximate surface area is 185 Å². The number of rotatable bonds is 5. The lowest BCUT2D eigenvalue weighted by molar-refractivity contribution is -0.897. The predicted molar refractivity (Wildman–Crippen MR) is 119 cm³/mol. The first-order valence-corrected chi connectivity index (χ1v) is 14.1. The number of nitrogens with zero attached hydrogens (tertiary/aromatic N) is 2. The van der Waals surface area contributed by atoms with Crippen molar-refractivity contribution in [2.24, 2.45) is 0 Å². The summed E-state index contributed by atoms with van der Waals surface area (Å²) in [6.45, 7) is 0. The van der Waals surface area contributed by atoms with Crippen LogP contribution in [-0.2, 0) is 20.2 Å². The molecule has 0 spiro atoms. The van der Waals surface area contributed by atoms with Crippen LogP contribution in [0.5, 0.6) is 0 Å². The number of hydrogen-bond donors (Lipinski definition) is 0. The minimum Gasteiger partial charge on any atom is -0.748 e. The van der Waals surface area contributed by atoms with Gasteiger partial charge in [-0.2, -0.15) is 0 Å². The molecule has 0 N–H and O–H groups in total. The van der Waals surface area contributed by atoms with Crippen LogP contribution in [0.1, 0.15) is 64.2 Å². The van der Waals surface area contributed by atoms with Crippen molar-refractivity contribution in [2.75, 3.05) is 53.8 Å². The first kappa shape index (κ1) is 29.7. The first-order chi connectivity index (χ1) is 13.4. The smallest absolute Gasteiger partial charge is 0.0955 e. The van der Waals surface area contributed by atoms with Crippen molar-refractivity contribution in [1.82, 2.24) is 0 Å². The van der Waals surface area contributed by atoms with Gasteiger partial charge in [-0.05, 0) is 51.4 Å². The van der Waals surface area contributed by atoms with Gasteiger partial charge in [0.25, 0.3) is 0 Å². The highest BCUT2D eigenvalue weighted by molar-refractivity contribution is 7.89. The monoisotopic (exact) mass is 472 g/mol. The molecule has 0 heterocycles. The van der Waals surface area contributed by atoms with E-state index in [1.807, 2.05) is 0 Å². The van der Waals surface area contributed by atoms with Gasteiger partial charge >= 0.3 is 0 Å². The zero-order valence-corrected chi connectivity index (χ0v) is 21.4. The average Bonchev–Trinajstić information content (AvgIpc) is 2.60. The third-order valence-electron chi connectivity index (χ3n) is 5.92. The Morgan fingerprint density at radius 1 is 0.567 bits per heavy atom. The molecule has 30 heavy (non-hydrogen) atoms. The summed E-state index contributed by atoms with van der Waals surface area (Å²) >= 11 is 0. The fourth-order valence-corrected chi connectivity index (χ4v) is 5.55. The van der Waals surface area contributed by atoms with E-state index in [1.54, 1.807) is 0 Å². The largest absolute Gasteiger partial charge is 0.748 e. The Kier molecular flexibility index (Phi) is 12.6. The van der Waals surface area contributed by atoms with Gasteiger partial charge in [0, 0.05) is 0 Å². The Hall–Kier alpha value is -0.260. The average molecular weight is 473 g/mol. The van der Waals surface area contributed by atoms with E-state index in [2.05, 4.69) is 42.3 Å². The maximum Gasteiger partial charge on any atom is 0.0955 e. The molecule has 2 aliphatic carbocycles. The normalized spacial score (nSPS) is 19.9. The van der Waals surface area contributed by atoms with Crippen LogP contribution in [0.15, 0.2) is 0 Å². The molecular formula is C20H44N2O6S2. The standard InChI is InChI=1S/2C9H20N.C2H6O6S2/c2*1-10(2,3)9-7-5-4-6-8-9;3-9(4,5)1-2-10(6,7)8/h2*9H,4-8H2,1-3H3;1-2H2,(H,3,4,5)(H,6,7,8)/q2*+1;/p-2. The van der Waals surface area contributed by atoms with Crippen molar-refractivity contribution in [1.29, 1.82) is 0 Å². The molecule has 8 nitrogen and oxygen atoms in total. The van der Waals surface area contributed by atoms with Crippen LogP contribution >= 0.6 is 0 Å². The minimum atomic E-state index is -4.59. The summed E-state index contributed by atoms with van der Waals surface area (Å²) in [5.41, 5.74) is 0. The van der Waals surface area contributed by atoms with Gasteiger partial charge in [0.05, 0.1) is 86.1 Å².